The van der Waals surface area contributed by atoms with Crippen molar-refractivity contribution in [1.82, 2.24) is 0 Å². The molecule has 0 saturated heterocycles. The van der Waals surface area contributed by atoms with E-state index in [1.807, 2.05) is 6.26 Å². The van der Waals surface area contributed by atoms with E-state index in [0.29, 0.717) is 6.42 Å². The molecule has 1 atom stereocenters. The van der Waals surface area contributed by atoms with Gasteiger partial charge in [0.15, 0.2) is 0 Å². The Morgan fingerprint density at radius 1 is 1.22 bits per heavy atom. The molecule has 0 amide bonds. The van der Waals surface area contributed by atoms with Gasteiger partial charge in [-0.3, -0.25) is 9.59 Å². The summed E-state index contributed by atoms with van der Waals surface area (Å²) >= 11 is 1.60. The Bertz CT molecular complexity index is 281. The Kier molecular flexibility index (Phi) is 11.8. The minimum atomic E-state index is -1.33. The lowest BCUT2D eigenvalue weighted by atomic mass is 10.1. The molecule has 4 N–H and O–H groups in total. The minimum absolute atomic E-state index is 0.133. The van der Waals surface area contributed by atoms with Gasteiger partial charge >= 0.3 is 11.9 Å². The van der Waals surface area contributed by atoms with Crippen LogP contribution in [-0.2, 0) is 14.4 Å². The Balaban J connectivity index is 0. The summed E-state index contributed by atoms with van der Waals surface area (Å²) in [7, 11) is 0. The first-order chi connectivity index (χ1) is 8.22. The predicted octanol–water partition coefficient (Wildman–Crippen LogP) is 0.838. The fourth-order valence-corrected chi connectivity index (χ4v) is 1.32. The minimum Gasteiger partial charge on any atom is -0.480 e. The molecular formula is C11H21NO5S. The number of hydrogen-bond donors (Lipinski definition) is 3. The molecule has 0 radical (unpaired) electrons. The normalized spacial score (nSPS) is 11.4. The fraction of sp³-hybridized carbons (Fsp3) is 0.727. The van der Waals surface area contributed by atoms with Gasteiger partial charge in [-0.05, 0) is 24.3 Å². The Morgan fingerprint density at radius 3 is 1.94 bits per heavy atom. The third-order valence-corrected chi connectivity index (χ3v) is 2.43. The van der Waals surface area contributed by atoms with Gasteiger partial charge in [-0.25, -0.2) is 4.79 Å². The number of carbonyl (C=O) groups is 3. The quantitative estimate of drug-likeness (QED) is 0.591. The van der Waals surface area contributed by atoms with Gasteiger partial charge in [-0.2, -0.15) is 11.8 Å². The van der Waals surface area contributed by atoms with Crippen LogP contribution in [0.25, 0.3) is 0 Å². The molecule has 0 aliphatic heterocycles. The summed E-state index contributed by atoms with van der Waals surface area (Å²) in [5, 5.41) is 16.4. The molecule has 0 fully saturated rings. The van der Waals surface area contributed by atoms with Gasteiger partial charge in [0, 0.05) is 6.42 Å². The summed E-state index contributed by atoms with van der Waals surface area (Å²) in [5.41, 5.74) is 5.19. The smallest absolute Gasteiger partial charge is 0.372 e. The summed E-state index contributed by atoms with van der Waals surface area (Å²) in [6, 6.07) is -0.683. The molecule has 0 aromatic rings. The molecule has 0 aliphatic carbocycles. The van der Waals surface area contributed by atoms with Crippen LogP contribution in [0.3, 0.4) is 0 Å². The lowest BCUT2D eigenvalue weighted by Crippen LogP contribution is -2.30. The van der Waals surface area contributed by atoms with Crippen molar-refractivity contribution in [2.45, 2.75) is 32.7 Å². The zero-order valence-electron chi connectivity index (χ0n) is 10.9. The Hall–Kier alpha value is -1.08. The molecule has 0 heterocycles. The number of nitrogens with two attached hydrogens (primary N) is 1. The van der Waals surface area contributed by atoms with Crippen LogP contribution in [0, 0.1) is 5.92 Å². The van der Waals surface area contributed by atoms with Crippen LogP contribution in [0.15, 0.2) is 0 Å². The van der Waals surface area contributed by atoms with Crippen LogP contribution in [0.1, 0.15) is 26.7 Å². The van der Waals surface area contributed by atoms with Gasteiger partial charge in [0.25, 0.3) is 0 Å². The van der Waals surface area contributed by atoms with E-state index in [1.54, 1.807) is 25.6 Å². The summed E-state index contributed by atoms with van der Waals surface area (Å²) in [5.74, 6) is -2.00. The molecule has 0 saturated carbocycles. The molecule has 0 unspecified atom stereocenters. The SMILES string of the molecule is CC(C)CC(=O)C(=O)O.CSCC[C@H](N)C(=O)O. The highest BCUT2D eigenvalue weighted by Gasteiger charge is 2.12. The van der Waals surface area contributed by atoms with Gasteiger partial charge in [0.2, 0.25) is 5.78 Å². The number of rotatable bonds is 7. The highest BCUT2D eigenvalue weighted by molar-refractivity contribution is 7.98. The number of hydrogen-bond acceptors (Lipinski definition) is 5. The van der Waals surface area contributed by atoms with Crippen molar-refractivity contribution in [2.75, 3.05) is 12.0 Å². The van der Waals surface area contributed by atoms with Gasteiger partial charge in [-0.1, -0.05) is 13.8 Å². The first-order valence-corrected chi connectivity index (χ1v) is 6.85. The van der Waals surface area contributed by atoms with Crippen LogP contribution in [0.5, 0.6) is 0 Å². The maximum Gasteiger partial charge on any atom is 0.372 e. The second-order valence-corrected chi connectivity index (χ2v) is 5.04. The molecule has 18 heavy (non-hydrogen) atoms. The van der Waals surface area contributed by atoms with Crippen LogP contribution in [0.4, 0.5) is 0 Å². The third kappa shape index (κ3) is 13.0. The van der Waals surface area contributed by atoms with Crippen molar-refractivity contribution < 1.29 is 24.6 Å². The molecule has 0 aliphatic rings. The molecule has 106 valence electrons. The van der Waals surface area contributed by atoms with Crippen LogP contribution in [0.2, 0.25) is 0 Å². The maximum absolute atomic E-state index is 10.4. The highest BCUT2D eigenvalue weighted by Crippen LogP contribution is 1.99. The lowest BCUT2D eigenvalue weighted by molar-refractivity contribution is -0.149. The second kappa shape index (κ2) is 11.0. The highest BCUT2D eigenvalue weighted by atomic mass is 32.2. The Labute approximate surface area is 111 Å². The number of ketones is 1. The van der Waals surface area contributed by atoms with Crippen molar-refractivity contribution in [2.24, 2.45) is 11.7 Å². The number of carboxylic acid groups (broad SMARTS) is 2. The number of aliphatic carboxylic acids is 2. The first kappa shape index (κ1) is 19.3. The van der Waals surface area contributed by atoms with Crippen molar-refractivity contribution in [3.8, 4) is 0 Å². The van der Waals surface area contributed by atoms with E-state index in [2.05, 4.69) is 0 Å². The van der Waals surface area contributed by atoms with Gasteiger partial charge < -0.3 is 15.9 Å². The van der Waals surface area contributed by atoms with E-state index in [-0.39, 0.29) is 12.3 Å². The molecular weight excluding hydrogens is 258 g/mol. The van der Waals surface area contributed by atoms with E-state index < -0.39 is 23.8 Å². The summed E-state index contributed by atoms with van der Waals surface area (Å²) in [6.45, 7) is 3.61. The fourth-order valence-electron chi connectivity index (χ4n) is 0.826. The average molecular weight is 279 g/mol. The average Bonchev–Trinajstić information content (AvgIpc) is 2.25. The monoisotopic (exact) mass is 279 g/mol. The molecule has 0 bridgehead atoms. The first-order valence-electron chi connectivity index (χ1n) is 5.45. The number of thioether (sulfide) groups is 1. The topological polar surface area (TPSA) is 118 Å². The van der Waals surface area contributed by atoms with E-state index in [9.17, 15) is 14.4 Å². The van der Waals surface area contributed by atoms with Crippen molar-refractivity contribution in [3.63, 3.8) is 0 Å². The van der Waals surface area contributed by atoms with Crippen molar-refractivity contribution in [3.05, 3.63) is 0 Å². The molecule has 0 aromatic carbocycles. The van der Waals surface area contributed by atoms with Gasteiger partial charge in [0.1, 0.15) is 6.04 Å². The third-order valence-electron chi connectivity index (χ3n) is 1.78. The van der Waals surface area contributed by atoms with Gasteiger partial charge in [0.05, 0.1) is 0 Å². The molecule has 0 aromatic heterocycles. The molecule has 6 nitrogen and oxygen atoms in total. The lowest BCUT2D eigenvalue weighted by Gasteiger charge is -2.02. The van der Waals surface area contributed by atoms with E-state index in [4.69, 9.17) is 15.9 Å². The van der Waals surface area contributed by atoms with Crippen LogP contribution < -0.4 is 5.73 Å². The summed E-state index contributed by atoms with van der Waals surface area (Å²) < 4.78 is 0. The van der Waals surface area contributed by atoms with Crippen LogP contribution >= 0.6 is 11.8 Å². The molecule has 0 rings (SSSR count). The van der Waals surface area contributed by atoms with E-state index >= 15 is 0 Å². The van der Waals surface area contributed by atoms with Crippen molar-refractivity contribution >= 4 is 29.5 Å². The predicted molar refractivity (Wildman–Crippen MR) is 70.7 cm³/mol. The zero-order valence-corrected chi connectivity index (χ0v) is 11.7. The Morgan fingerprint density at radius 2 is 1.72 bits per heavy atom. The molecule has 0 spiro atoms. The maximum atomic E-state index is 10.4. The second-order valence-electron chi connectivity index (χ2n) is 4.05. The van der Waals surface area contributed by atoms with Crippen molar-refractivity contribution in [1.29, 1.82) is 0 Å². The van der Waals surface area contributed by atoms with E-state index in [1.165, 1.54) is 0 Å². The summed E-state index contributed by atoms with van der Waals surface area (Å²) in [4.78, 5) is 30.3. The van der Waals surface area contributed by atoms with Gasteiger partial charge in [-0.15, -0.1) is 0 Å². The number of Topliss-reactive ketones (excluding diaryl/α,β-unsaturated/α-hetero) is 1. The van der Waals surface area contributed by atoms with Crippen LogP contribution in [-0.4, -0.2) is 46.0 Å². The number of carbonyl (C=O) groups excluding carboxylic acids is 1. The number of carboxylic acids is 2. The largest absolute Gasteiger partial charge is 0.480 e. The summed E-state index contributed by atoms with van der Waals surface area (Å²) in [6.07, 6.45) is 2.61. The molecule has 7 heteroatoms. The van der Waals surface area contributed by atoms with E-state index in [0.717, 1.165) is 5.75 Å². The zero-order chi connectivity index (χ0) is 14.7. The standard InChI is InChI=1S/C6H10O3.C5H11NO2S/c1-4(2)3-5(7)6(8)9;1-9-3-2-4(6)5(7)8/h4H,3H2,1-2H3,(H,8,9);4H,2-3,6H2,1H3,(H,7,8)/t;4-/m.0/s1.